The summed E-state index contributed by atoms with van der Waals surface area (Å²) in [6.07, 6.45) is 7.88. The highest BCUT2D eigenvalue weighted by Gasteiger charge is 2.29. The van der Waals surface area contributed by atoms with Gasteiger partial charge in [0.2, 0.25) is 11.8 Å². The fourth-order valence-corrected chi connectivity index (χ4v) is 4.67. The number of hydrogen-bond donors (Lipinski definition) is 1. The summed E-state index contributed by atoms with van der Waals surface area (Å²) in [7, 11) is 1.63. The van der Waals surface area contributed by atoms with Gasteiger partial charge in [-0.25, -0.2) is 0 Å². The first-order valence-corrected chi connectivity index (χ1v) is 13.0. The van der Waals surface area contributed by atoms with Gasteiger partial charge in [-0.2, -0.15) is 0 Å². The first kappa shape index (κ1) is 26.6. The first-order chi connectivity index (χ1) is 17.1. The number of hydrogen-bond acceptors (Lipinski definition) is 4. The Hall–Kier alpha value is -3.02. The minimum absolute atomic E-state index is 0.00454. The van der Waals surface area contributed by atoms with E-state index in [1.807, 2.05) is 49.4 Å². The van der Waals surface area contributed by atoms with Gasteiger partial charge < -0.3 is 19.7 Å². The van der Waals surface area contributed by atoms with Crippen molar-refractivity contribution in [2.45, 2.75) is 76.8 Å². The van der Waals surface area contributed by atoms with Gasteiger partial charge in [0.25, 0.3) is 0 Å². The maximum absolute atomic E-state index is 13.3. The molecule has 0 radical (unpaired) electrons. The summed E-state index contributed by atoms with van der Waals surface area (Å²) < 4.78 is 11.0. The molecule has 0 aliphatic heterocycles. The van der Waals surface area contributed by atoms with Crippen molar-refractivity contribution in [1.29, 1.82) is 0 Å². The highest BCUT2D eigenvalue weighted by Crippen LogP contribution is 2.20. The number of carbonyl (C=O) groups is 2. The number of carbonyl (C=O) groups excluding carboxylic acids is 2. The van der Waals surface area contributed by atoms with Crippen molar-refractivity contribution < 1.29 is 19.1 Å². The third-order valence-corrected chi connectivity index (χ3v) is 6.68. The van der Waals surface area contributed by atoms with E-state index in [4.69, 9.17) is 9.47 Å². The Morgan fingerprint density at radius 3 is 2.34 bits per heavy atom. The summed E-state index contributed by atoms with van der Waals surface area (Å²) in [5, 5.41) is 3.23. The Kier molecular flexibility index (Phi) is 10.9. The molecule has 2 amide bonds. The lowest BCUT2D eigenvalue weighted by Crippen LogP contribution is -2.52. The molecule has 0 heterocycles. The monoisotopic (exact) mass is 480 g/mol. The third-order valence-electron chi connectivity index (χ3n) is 6.68. The highest BCUT2D eigenvalue weighted by molar-refractivity contribution is 5.87. The summed E-state index contributed by atoms with van der Waals surface area (Å²) >= 11 is 0. The molecule has 0 unspecified atom stereocenters. The molecule has 6 heteroatoms. The second-order valence-electron chi connectivity index (χ2n) is 9.22. The first-order valence-electron chi connectivity index (χ1n) is 13.0. The van der Waals surface area contributed by atoms with Gasteiger partial charge in [0.1, 0.15) is 17.5 Å². The predicted octanol–water partition coefficient (Wildman–Crippen LogP) is 5.15. The van der Waals surface area contributed by atoms with Crippen LogP contribution in [0.25, 0.3) is 0 Å². The highest BCUT2D eigenvalue weighted by atomic mass is 16.5. The minimum atomic E-state index is -0.448. The Morgan fingerprint density at radius 1 is 1.00 bits per heavy atom. The van der Waals surface area contributed by atoms with E-state index in [9.17, 15) is 9.59 Å². The van der Waals surface area contributed by atoms with Crippen LogP contribution in [0, 0.1) is 0 Å². The van der Waals surface area contributed by atoms with Gasteiger partial charge in [0.15, 0.2) is 0 Å². The fraction of sp³-hybridized carbons (Fsp3) is 0.517. The zero-order valence-corrected chi connectivity index (χ0v) is 21.2. The van der Waals surface area contributed by atoms with E-state index < -0.39 is 6.04 Å². The molecule has 1 aliphatic rings. The molecule has 3 rings (SSSR count). The van der Waals surface area contributed by atoms with E-state index in [1.165, 1.54) is 6.42 Å². The number of rotatable bonds is 13. The van der Waals surface area contributed by atoms with Gasteiger partial charge in [-0.3, -0.25) is 9.59 Å². The normalized spacial score (nSPS) is 14.7. The zero-order chi connectivity index (χ0) is 24.9. The predicted molar refractivity (Wildman–Crippen MR) is 139 cm³/mol. The van der Waals surface area contributed by atoms with Crippen molar-refractivity contribution in [1.82, 2.24) is 10.2 Å². The van der Waals surface area contributed by atoms with Crippen LogP contribution >= 0.6 is 0 Å². The van der Waals surface area contributed by atoms with Crippen molar-refractivity contribution in [3.8, 4) is 11.5 Å². The SMILES string of the molecule is CC[C@H](C(=O)NC1CCCCC1)N(CCc1ccccc1)C(=O)CCCOc1ccc(OC)cc1. The topological polar surface area (TPSA) is 67.9 Å². The van der Waals surface area contributed by atoms with Crippen LogP contribution in [0.5, 0.6) is 11.5 Å². The van der Waals surface area contributed by atoms with Crippen LogP contribution in [-0.2, 0) is 16.0 Å². The molecule has 1 atom stereocenters. The molecular formula is C29H40N2O4. The molecule has 0 saturated heterocycles. The van der Waals surface area contributed by atoms with Crippen molar-refractivity contribution in [3.05, 3.63) is 60.2 Å². The van der Waals surface area contributed by atoms with E-state index in [0.717, 1.165) is 49.2 Å². The van der Waals surface area contributed by atoms with Crippen LogP contribution in [0.15, 0.2) is 54.6 Å². The van der Waals surface area contributed by atoms with Crippen molar-refractivity contribution in [2.24, 2.45) is 0 Å². The van der Waals surface area contributed by atoms with Gasteiger partial charge >= 0.3 is 0 Å². The van der Waals surface area contributed by atoms with Gasteiger partial charge in [0.05, 0.1) is 13.7 Å². The lowest BCUT2D eigenvalue weighted by Gasteiger charge is -2.33. The number of nitrogens with one attached hydrogen (secondary N) is 1. The summed E-state index contributed by atoms with van der Waals surface area (Å²) in [5.41, 5.74) is 1.16. The maximum atomic E-state index is 13.3. The molecule has 0 bridgehead atoms. The molecule has 1 aliphatic carbocycles. The van der Waals surface area contributed by atoms with E-state index in [0.29, 0.717) is 32.4 Å². The van der Waals surface area contributed by atoms with Crippen LogP contribution in [0.1, 0.15) is 63.9 Å². The summed E-state index contributed by atoms with van der Waals surface area (Å²) in [4.78, 5) is 28.3. The second kappa shape index (κ2) is 14.4. The molecule has 6 nitrogen and oxygen atoms in total. The Balaban J connectivity index is 1.58. The molecule has 190 valence electrons. The van der Waals surface area contributed by atoms with E-state index in [1.54, 1.807) is 12.0 Å². The van der Waals surface area contributed by atoms with Crippen molar-refractivity contribution >= 4 is 11.8 Å². The molecule has 1 saturated carbocycles. The Morgan fingerprint density at radius 2 is 1.69 bits per heavy atom. The molecule has 2 aromatic carbocycles. The number of nitrogens with zero attached hydrogens (tertiary/aromatic N) is 1. The van der Waals surface area contributed by atoms with Gasteiger partial charge in [-0.05, 0) is 61.9 Å². The maximum Gasteiger partial charge on any atom is 0.243 e. The lowest BCUT2D eigenvalue weighted by atomic mass is 9.95. The number of methoxy groups -OCH3 is 1. The quantitative estimate of drug-likeness (QED) is 0.403. The summed E-state index contributed by atoms with van der Waals surface area (Å²) in [6, 6.07) is 17.3. The van der Waals surface area contributed by atoms with Crippen molar-refractivity contribution in [3.63, 3.8) is 0 Å². The van der Waals surface area contributed by atoms with Crippen LogP contribution < -0.4 is 14.8 Å². The summed E-state index contributed by atoms with van der Waals surface area (Å²) in [5.74, 6) is 1.51. The van der Waals surface area contributed by atoms with E-state index >= 15 is 0 Å². The molecule has 0 spiro atoms. The van der Waals surface area contributed by atoms with Crippen molar-refractivity contribution in [2.75, 3.05) is 20.3 Å². The zero-order valence-electron chi connectivity index (χ0n) is 21.2. The van der Waals surface area contributed by atoms with Gasteiger partial charge in [-0.1, -0.05) is 56.5 Å². The molecule has 2 aromatic rings. The van der Waals surface area contributed by atoms with Crippen LogP contribution in [0.2, 0.25) is 0 Å². The molecule has 1 N–H and O–H groups in total. The minimum Gasteiger partial charge on any atom is -0.497 e. The lowest BCUT2D eigenvalue weighted by molar-refractivity contribution is -0.141. The third kappa shape index (κ3) is 8.61. The van der Waals surface area contributed by atoms with Crippen LogP contribution in [0.3, 0.4) is 0 Å². The second-order valence-corrected chi connectivity index (χ2v) is 9.22. The van der Waals surface area contributed by atoms with Crippen LogP contribution in [-0.4, -0.2) is 49.1 Å². The Bertz CT molecular complexity index is 895. The molecular weight excluding hydrogens is 440 g/mol. The van der Waals surface area contributed by atoms with Gasteiger partial charge in [0, 0.05) is 19.0 Å². The average Bonchev–Trinajstić information content (AvgIpc) is 2.90. The van der Waals surface area contributed by atoms with Crippen LogP contribution in [0.4, 0.5) is 0 Å². The number of benzene rings is 2. The van der Waals surface area contributed by atoms with E-state index in [2.05, 4.69) is 17.4 Å². The average molecular weight is 481 g/mol. The fourth-order valence-electron chi connectivity index (χ4n) is 4.67. The molecule has 1 fully saturated rings. The number of amides is 2. The smallest absolute Gasteiger partial charge is 0.243 e. The molecule has 35 heavy (non-hydrogen) atoms. The standard InChI is InChI=1S/C29H40N2O4/c1-3-27(29(33)30-24-13-8-5-9-14-24)31(21-20-23-11-6-4-7-12-23)28(32)15-10-22-35-26-18-16-25(34-2)17-19-26/h4,6-7,11-12,16-19,24,27H,3,5,8-10,13-15,20-22H2,1-2H3,(H,30,33)/t27-/m1/s1. The van der Waals surface area contributed by atoms with E-state index in [-0.39, 0.29) is 17.9 Å². The number of ether oxygens (including phenoxy) is 2. The molecule has 0 aromatic heterocycles. The summed E-state index contributed by atoms with van der Waals surface area (Å²) in [6.45, 7) is 2.95. The largest absolute Gasteiger partial charge is 0.497 e. The Labute approximate surface area is 210 Å². The van der Waals surface area contributed by atoms with Gasteiger partial charge in [-0.15, -0.1) is 0 Å².